The largest absolute Gasteiger partial charge is 0.236 e. The summed E-state index contributed by atoms with van der Waals surface area (Å²) < 4.78 is 2.94. The molecule has 3 heteroatoms. The minimum absolute atomic E-state index is 0. The van der Waals surface area contributed by atoms with Crippen molar-refractivity contribution in [1.29, 1.82) is 0 Å². The summed E-state index contributed by atoms with van der Waals surface area (Å²) in [6, 6.07) is 0. The Hall–Kier alpha value is 0.370. The van der Waals surface area contributed by atoms with Crippen LogP contribution in [0.25, 0.3) is 0 Å². The fraction of sp³-hybridized carbons (Fsp3) is 0. The van der Waals surface area contributed by atoms with Crippen LogP contribution in [0.15, 0.2) is 4.40 Å². The van der Waals surface area contributed by atoms with Crippen LogP contribution in [-0.4, -0.2) is 6.72 Å². The van der Waals surface area contributed by atoms with Gasteiger partial charge < -0.3 is 0 Å². The van der Waals surface area contributed by atoms with Gasteiger partial charge in [-0.1, -0.05) is 0 Å². The first kappa shape index (κ1) is 8.84. The van der Waals surface area contributed by atoms with Crippen molar-refractivity contribution >= 4 is 33.0 Å². The molecular formula is CH5NS2. The summed E-state index contributed by atoms with van der Waals surface area (Å²) in [5.41, 5.74) is 0. The van der Waals surface area contributed by atoms with Gasteiger partial charge in [-0.05, 0) is 19.5 Å². The Bertz CT molecular complexity index is 13.5. The van der Waals surface area contributed by atoms with E-state index < -0.39 is 0 Å². The first-order chi connectivity index (χ1) is 1.41. The highest BCUT2D eigenvalue weighted by atomic mass is 32.1. The lowest BCUT2D eigenvalue weighted by atomic mass is 11.8. The van der Waals surface area contributed by atoms with E-state index in [1.54, 1.807) is 0 Å². The molecule has 0 spiro atoms. The topological polar surface area (TPSA) is 12.4 Å². The molecule has 0 N–H and O–H groups in total. The summed E-state index contributed by atoms with van der Waals surface area (Å²) in [5.74, 6) is 0. The Balaban J connectivity index is 0. The lowest BCUT2D eigenvalue weighted by molar-refractivity contribution is 2.08. The van der Waals surface area contributed by atoms with Gasteiger partial charge in [-0.3, -0.25) is 0 Å². The van der Waals surface area contributed by atoms with Gasteiger partial charge >= 0.3 is 0 Å². The smallest absolute Gasteiger partial charge is 0.00154 e. The van der Waals surface area contributed by atoms with Crippen molar-refractivity contribution in [3.8, 4) is 0 Å². The number of hydrogen-bond acceptors (Lipinski definition) is 2. The van der Waals surface area contributed by atoms with E-state index in [2.05, 4.69) is 23.9 Å². The van der Waals surface area contributed by atoms with Gasteiger partial charge in [0.2, 0.25) is 0 Å². The Morgan fingerprint density at radius 1 is 1.75 bits per heavy atom. The van der Waals surface area contributed by atoms with E-state index in [9.17, 15) is 0 Å². The quantitative estimate of drug-likeness (QED) is 0.335. The van der Waals surface area contributed by atoms with Crippen molar-refractivity contribution in [1.82, 2.24) is 0 Å². The van der Waals surface area contributed by atoms with Crippen LogP contribution in [0, 0.1) is 0 Å². The average molecular weight is 95.2 g/mol. The standard InChI is InChI=1S/CH3NS.H2S/c1-2-3;/h3H,1H2;1H2. The zero-order chi connectivity index (χ0) is 2.71. The van der Waals surface area contributed by atoms with Crippen LogP contribution < -0.4 is 0 Å². The van der Waals surface area contributed by atoms with Crippen molar-refractivity contribution < 1.29 is 0 Å². The van der Waals surface area contributed by atoms with E-state index >= 15 is 0 Å². The van der Waals surface area contributed by atoms with Crippen molar-refractivity contribution in [2.24, 2.45) is 4.40 Å². The third-order valence-electron chi connectivity index (χ3n) is 0. The van der Waals surface area contributed by atoms with Gasteiger partial charge in [-0.15, -0.1) is 0 Å². The molecule has 26 valence electrons. The van der Waals surface area contributed by atoms with Gasteiger partial charge in [-0.2, -0.15) is 13.5 Å². The first-order valence-electron chi connectivity index (χ1n) is 0.516. The van der Waals surface area contributed by atoms with Gasteiger partial charge in [-0.25, -0.2) is 4.40 Å². The van der Waals surface area contributed by atoms with Gasteiger partial charge in [0.1, 0.15) is 0 Å². The SMILES string of the molecule is C=NS.S. The second-order valence-corrected chi connectivity index (χ2v) is 0.424. The maximum atomic E-state index is 3.30. The molecule has 0 aliphatic heterocycles. The first-order valence-corrected chi connectivity index (χ1v) is 0.916. The number of thiol groups is 1. The van der Waals surface area contributed by atoms with E-state index in [1.807, 2.05) is 0 Å². The summed E-state index contributed by atoms with van der Waals surface area (Å²) >= 11 is 3.30. The lowest BCUT2D eigenvalue weighted by Crippen LogP contribution is -1.05. The summed E-state index contributed by atoms with van der Waals surface area (Å²) in [6.07, 6.45) is 0. The van der Waals surface area contributed by atoms with Crippen LogP contribution >= 0.6 is 26.3 Å². The average Bonchev–Trinajstić information content (AvgIpc) is 0.918. The molecule has 0 bridgehead atoms. The highest BCUT2D eigenvalue weighted by Gasteiger charge is 1.10. The van der Waals surface area contributed by atoms with E-state index in [4.69, 9.17) is 0 Å². The summed E-state index contributed by atoms with van der Waals surface area (Å²) in [4.78, 5) is 0. The van der Waals surface area contributed by atoms with Crippen LogP contribution in [-0.2, 0) is 0 Å². The molecule has 0 aliphatic carbocycles. The molecule has 0 aromatic rings. The molecule has 0 aromatic carbocycles. The molecule has 0 atom stereocenters. The van der Waals surface area contributed by atoms with E-state index in [0.29, 0.717) is 0 Å². The molecule has 4 heavy (non-hydrogen) atoms. The highest BCUT2D eigenvalue weighted by molar-refractivity contribution is 7.78. The second-order valence-electron chi connectivity index (χ2n) is 0.141. The van der Waals surface area contributed by atoms with E-state index in [-0.39, 0.29) is 13.5 Å². The summed E-state index contributed by atoms with van der Waals surface area (Å²) in [6.45, 7) is 2.98. The molecule has 0 radical (unpaired) electrons. The third kappa shape index (κ3) is 32.5. The van der Waals surface area contributed by atoms with Crippen molar-refractivity contribution in [3.63, 3.8) is 0 Å². The maximum Gasteiger partial charge on any atom is -0.00154 e. The number of rotatable bonds is 0. The van der Waals surface area contributed by atoms with Crippen molar-refractivity contribution in [2.75, 3.05) is 0 Å². The van der Waals surface area contributed by atoms with Crippen LogP contribution in [0.5, 0.6) is 0 Å². The van der Waals surface area contributed by atoms with Crippen LogP contribution in [0.2, 0.25) is 0 Å². The molecule has 0 rings (SSSR count). The lowest BCUT2D eigenvalue weighted by Gasteiger charge is -1.36. The normalized spacial score (nSPS) is 3.25. The monoisotopic (exact) mass is 95.0 g/mol. The number of hydrogen-bond donors (Lipinski definition) is 1. The van der Waals surface area contributed by atoms with Crippen molar-refractivity contribution in [2.45, 2.75) is 0 Å². The summed E-state index contributed by atoms with van der Waals surface area (Å²) in [5, 5.41) is 0. The Morgan fingerprint density at radius 3 is 1.75 bits per heavy atom. The minimum atomic E-state index is 0. The van der Waals surface area contributed by atoms with Gasteiger partial charge in [0.05, 0.1) is 0 Å². The highest BCUT2D eigenvalue weighted by Crippen LogP contribution is 1.56. The van der Waals surface area contributed by atoms with Gasteiger partial charge in [0.15, 0.2) is 0 Å². The molecule has 0 amide bonds. The molecule has 0 fully saturated rings. The predicted octanol–water partition coefficient (Wildman–Crippen LogP) is 0.645. The summed E-state index contributed by atoms with van der Waals surface area (Å²) in [7, 11) is 0. The van der Waals surface area contributed by atoms with Gasteiger partial charge in [0.25, 0.3) is 0 Å². The molecule has 1 nitrogen and oxygen atoms in total. The van der Waals surface area contributed by atoms with E-state index in [0.717, 1.165) is 0 Å². The Kier molecular flexibility index (Phi) is 22.3. The molecular weight excluding hydrogens is 90.2 g/mol. The second kappa shape index (κ2) is 10.1. The number of nitrogens with zero attached hydrogens (tertiary/aromatic N) is 1. The fourth-order valence-corrected chi connectivity index (χ4v) is 0. The van der Waals surface area contributed by atoms with Crippen LogP contribution in [0.1, 0.15) is 0 Å². The molecule has 0 saturated heterocycles. The zero-order valence-corrected chi connectivity index (χ0v) is 4.00. The molecule has 0 saturated carbocycles. The predicted molar refractivity (Wildman–Crippen MR) is 28.9 cm³/mol. The third-order valence-corrected chi connectivity index (χ3v) is 0. The van der Waals surface area contributed by atoms with Crippen LogP contribution in [0.3, 0.4) is 0 Å². The minimum Gasteiger partial charge on any atom is -0.236 e. The molecule has 0 heterocycles. The fourth-order valence-electron chi connectivity index (χ4n) is 0. The Morgan fingerprint density at radius 2 is 1.75 bits per heavy atom. The molecule has 0 aliphatic rings. The van der Waals surface area contributed by atoms with Gasteiger partial charge in [0, 0.05) is 0 Å². The zero-order valence-electron chi connectivity index (χ0n) is 2.10. The van der Waals surface area contributed by atoms with Crippen molar-refractivity contribution in [3.05, 3.63) is 0 Å². The molecule has 0 aromatic heterocycles. The van der Waals surface area contributed by atoms with E-state index in [1.165, 1.54) is 0 Å². The molecule has 0 unspecified atom stereocenters. The Labute approximate surface area is 38.1 Å². The maximum absolute atomic E-state index is 3.30. The van der Waals surface area contributed by atoms with Crippen LogP contribution in [0.4, 0.5) is 0 Å².